The van der Waals surface area contributed by atoms with Crippen LogP contribution >= 0.6 is 0 Å². The molecule has 2 aliphatic rings. The number of piperidine rings is 1. The summed E-state index contributed by atoms with van der Waals surface area (Å²) in [5.41, 5.74) is 1.02. The lowest BCUT2D eigenvalue weighted by Crippen LogP contribution is -2.51. The summed E-state index contributed by atoms with van der Waals surface area (Å²) in [5.74, 6) is 0. The zero-order valence-electron chi connectivity index (χ0n) is 12.2. The first kappa shape index (κ1) is 14.1. The van der Waals surface area contributed by atoms with E-state index in [0.717, 1.165) is 39.0 Å². The molecule has 1 aliphatic heterocycles. The number of nitrogens with one attached hydrogen (secondary N) is 1. The van der Waals surface area contributed by atoms with Crippen molar-refractivity contribution < 1.29 is 5.11 Å². The molecule has 0 aromatic heterocycles. The first-order valence-electron chi connectivity index (χ1n) is 7.96. The van der Waals surface area contributed by atoms with E-state index in [1.54, 1.807) is 0 Å². The van der Waals surface area contributed by atoms with Crippen molar-refractivity contribution in [3.8, 4) is 0 Å². The highest BCUT2D eigenvalue weighted by Crippen LogP contribution is 2.31. The third-order valence-electron chi connectivity index (χ3n) is 4.84. The summed E-state index contributed by atoms with van der Waals surface area (Å²) >= 11 is 0. The van der Waals surface area contributed by atoms with Gasteiger partial charge in [0, 0.05) is 19.1 Å². The van der Waals surface area contributed by atoms with Gasteiger partial charge < -0.3 is 10.4 Å². The molecule has 3 nitrogen and oxygen atoms in total. The summed E-state index contributed by atoms with van der Waals surface area (Å²) in [6, 6.07) is 11.3. The summed E-state index contributed by atoms with van der Waals surface area (Å²) in [7, 11) is 0. The molecule has 1 saturated carbocycles. The van der Waals surface area contributed by atoms with E-state index in [9.17, 15) is 5.11 Å². The average molecular weight is 274 g/mol. The van der Waals surface area contributed by atoms with Crippen LogP contribution in [0.3, 0.4) is 0 Å². The normalized spacial score (nSPS) is 23.4. The molecule has 0 unspecified atom stereocenters. The Morgan fingerprint density at radius 2 is 1.85 bits per heavy atom. The van der Waals surface area contributed by atoms with Gasteiger partial charge in [-0.2, -0.15) is 0 Å². The van der Waals surface area contributed by atoms with Crippen LogP contribution in [0.2, 0.25) is 0 Å². The molecule has 2 fully saturated rings. The average Bonchev–Trinajstić information content (AvgIpc) is 2.46. The van der Waals surface area contributed by atoms with E-state index in [2.05, 4.69) is 40.5 Å². The van der Waals surface area contributed by atoms with Crippen molar-refractivity contribution in [2.45, 2.75) is 50.3 Å². The van der Waals surface area contributed by atoms with Crippen LogP contribution in [0, 0.1) is 0 Å². The van der Waals surface area contributed by atoms with Crippen LogP contribution in [0.15, 0.2) is 30.3 Å². The first-order valence-corrected chi connectivity index (χ1v) is 7.96. The van der Waals surface area contributed by atoms with Crippen LogP contribution < -0.4 is 5.32 Å². The third kappa shape index (κ3) is 3.60. The van der Waals surface area contributed by atoms with Crippen molar-refractivity contribution >= 4 is 0 Å². The van der Waals surface area contributed by atoms with Gasteiger partial charge in [0.25, 0.3) is 0 Å². The zero-order valence-corrected chi connectivity index (χ0v) is 12.2. The van der Waals surface area contributed by atoms with E-state index >= 15 is 0 Å². The number of aliphatic hydroxyl groups is 1. The molecule has 2 N–H and O–H groups in total. The van der Waals surface area contributed by atoms with Crippen molar-refractivity contribution in [3.63, 3.8) is 0 Å². The maximum atomic E-state index is 10.1. The van der Waals surface area contributed by atoms with Crippen molar-refractivity contribution in [1.29, 1.82) is 0 Å². The predicted molar refractivity (Wildman–Crippen MR) is 81.5 cm³/mol. The Kier molecular flexibility index (Phi) is 4.39. The topological polar surface area (TPSA) is 35.5 Å². The highest BCUT2D eigenvalue weighted by atomic mass is 16.3. The molecule has 3 heteroatoms. The smallest absolute Gasteiger partial charge is 0.0771 e. The van der Waals surface area contributed by atoms with Gasteiger partial charge >= 0.3 is 0 Å². The number of hydrogen-bond donors (Lipinski definition) is 2. The Bertz CT molecular complexity index is 408. The van der Waals surface area contributed by atoms with Gasteiger partial charge in [-0.1, -0.05) is 30.3 Å². The minimum absolute atomic E-state index is 0.388. The standard InChI is InChI=1S/C17H26N2O/c20-17(9-4-10-17)14-18-16-7-11-19(12-8-16)13-15-5-2-1-3-6-15/h1-3,5-6,16,18,20H,4,7-14H2. The lowest BCUT2D eigenvalue weighted by atomic mass is 9.80. The molecule has 3 rings (SSSR count). The summed E-state index contributed by atoms with van der Waals surface area (Å²) in [6.07, 6.45) is 5.54. The number of likely N-dealkylation sites (tertiary alicyclic amines) is 1. The Labute approximate surface area is 122 Å². The molecule has 110 valence electrons. The first-order chi connectivity index (χ1) is 9.73. The molecular formula is C17H26N2O. The summed E-state index contributed by atoms with van der Waals surface area (Å²) < 4.78 is 0. The second-order valence-corrected chi connectivity index (χ2v) is 6.49. The van der Waals surface area contributed by atoms with Crippen molar-refractivity contribution in [1.82, 2.24) is 10.2 Å². The Balaban J connectivity index is 1.38. The Morgan fingerprint density at radius 1 is 1.15 bits per heavy atom. The Morgan fingerprint density at radius 3 is 2.45 bits per heavy atom. The van der Waals surface area contributed by atoms with E-state index in [-0.39, 0.29) is 5.60 Å². The maximum Gasteiger partial charge on any atom is 0.0771 e. The van der Waals surface area contributed by atoms with Crippen LogP contribution in [0.5, 0.6) is 0 Å². The van der Waals surface area contributed by atoms with Crippen LogP contribution in [0.4, 0.5) is 0 Å². The van der Waals surface area contributed by atoms with Crippen LogP contribution in [0.25, 0.3) is 0 Å². The lowest BCUT2D eigenvalue weighted by Gasteiger charge is -2.39. The molecule has 0 spiro atoms. The SMILES string of the molecule is OC1(CNC2CCN(Cc3ccccc3)CC2)CCC1. The summed E-state index contributed by atoms with van der Waals surface area (Å²) in [5, 5.41) is 13.7. The fraction of sp³-hybridized carbons (Fsp3) is 0.647. The van der Waals surface area contributed by atoms with E-state index in [0.29, 0.717) is 6.04 Å². The van der Waals surface area contributed by atoms with Crippen LogP contribution in [-0.4, -0.2) is 41.3 Å². The quantitative estimate of drug-likeness (QED) is 0.863. The number of benzene rings is 1. The summed E-state index contributed by atoms with van der Waals surface area (Å²) in [6.45, 7) is 4.17. The van der Waals surface area contributed by atoms with Gasteiger partial charge in [-0.15, -0.1) is 0 Å². The maximum absolute atomic E-state index is 10.1. The molecular weight excluding hydrogens is 248 g/mol. The van der Waals surface area contributed by atoms with Crippen LogP contribution in [0.1, 0.15) is 37.7 Å². The molecule has 20 heavy (non-hydrogen) atoms. The highest BCUT2D eigenvalue weighted by Gasteiger charge is 2.34. The van der Waals surface area contributed by atoms with Crippen LogP contribution in [-0.2, 0) is 6.54 Å². The molecule has 1 aliphatic carbocycles. The van der Waals surface area contributed by atoms with Gasteiger partial charge in [0.2, 0.25) is 0 Å². The van der Waals surface area contributed by atoms with Crippen molar-refractivity contribution in [2.75, 3.05) is 19.6 Å². The van der Waals surface area contributed by atoms with Gasteiger partial charge in [-0.05, 0) is 50.8 Å². The second kappa shape index (κ2) is 6.25. The van der Waals surface area contributed by atoms with Gasteiger partial charge in [0.1, 0.15) is 0 Å². The van der Waals surface area contributed by atoms with Crippen molar-refractivity contribution in [2.24, 2.45) is 0 Å². The largest absolute Gasteiger partial charge is 0.389 e. The molecule has 0 bridgehead atoms. The highest BCUT2D eigenvalue weighted by molar-refractivity contribution is 5.14. The minimum Gasteiger partial charge on any atom is -0.389 e. The van der Waals surface area contributed by atoms with E-state index in [4.69, 9.17) is 0 Å². The van der Waals surface area contributed by atoms with Crippen molar-refractivity contribution in [3.05, 3.63) is 35.9 Å². The van der Waals surface area contributed by atoms with E-state index in [1.165, 1.54) is 24.8 Å². The monoisotopic (exact) mass is 274 g/mol. The van der Waals surface area contributed by atoms with E-state index in [1.807, 2.05) is 0 Å². The lowest BCUT2D eigenvalue weighted by molar-refractivity contribution is -0.0345. The van der Waals surface area contributed by atoms with Gasteiger partial charge in [-0.25, -0.2) is 0 Å². The number of rotatable bonds is 5. The minimum atomic E-state index is -0.388. The van der Waals surface area contributed by atoms with E-state index < -0.39 is 0 Å². The fourth-order valence-electron chi connectivity index (χ4n) is 3.23. The zero-order chi connectivity index (χ0) is 13.8. The second-order valence-electron chi connectivity index (χ2n) is 6.49. The summed E-state index contributed by atoms with van der Waals surface area (Å²) in [4.78, 5) is 2.53. The molecule has 1 saturated heterocycles. The van der Waals surface area contributed by atoms with Gasteiger partial charge in [0.15, 0.2) is 0 Å². The Hall–Kier alpha value is -0.900. The van der Waals surface area contributed by atoms with Gasteiger partial charge in [-0.3, -0.25) is 4.90 Å². The third-order valence-corrected chi connectivity index (χ3v) is 4.84. The molecule has 1 aromatic carbocycles. The molecule has 1 heterocycles. The molecule has 0 atom stereocenters. The number of nitrogens with zero attached hydrogens (tertiary/aromatic N) is 1. The fourth-order valence-corrected chi connectivity index (χ4v) is 3.23. The predicted octanol–water partition coefficient (Wildman–Crippen LogP) is 2.16. The molecule has 0 amide bonds. The number of hydrogen-bond acceptors (Lipinski definition) is 3. The van der Waals surface area contributed by atoms with Gasteiger partial charge in [0.05, 0.1) is 5.60 Å². The molecule has 0 radical (unpaired) electrons. The molecule has 1 aromatic rings.